The van der Waals surface area contributed by atoms with E-state index in [-0.39, 0.29) is 29.6 Å². The van der Waals surface area contributed by atoms with Gasteiger partial charge in [0.1, 0.15) is 5.56 Å². The standard InChI is InChI=1S/C32H33N3O5/c1-3-39-32(38)20-10-7-15-35(18-20)16-8-14-33-23-17-25-29(34-28-19(2)9-6-13-24(28)40-25)27-26(23)30(36)21-11-4-5-12-22(21)31(27)37/h4-6,9,11-13,17,20,24,33H,3,7-8,10,14-16,18H2,1-2H3/p+1/t20-,24?/m0/s1. The van der Waals surface area contributed by atoms with Crippen LogP contribution in [0.5, 0.6) is 5.75 Å². The van der Waals surface area contributed by atoms with E-state index in [1.54, 1.807) is 24.3 Å². The second-order valence-corrected chi connectivity index (χ2v) is 10.7. The zero-order valence-corrected chi connectivity index (χ0v) is 22.9. The van der Waals surface area contributed by atoms with Gasteiger partial charge in [-0.3, -0.25) is 14.4 Å². The number of ketones is 2. The van der Waals surface area contributed by atoms with E-state index in [4.69, 9.17) is 9.47 Å². The maximum Gasteiger partial charge on any atom is 0.310 e. The molecule has 0 amide bonds. The maximum absolute atomic E-state index is 13.8. The average Bonchev–Trinajstić information content (AvgIpc) is 2.97. The van der Waals surface area contributed by atoms with Crippen LogP contribution >= 0.6 is 0 Å². The molecule has 2 aliphatic heterocycles. The van der Waals surface area contributed by atoms with Crippen LogP contribution in [0.1, 0.15) is 65.0 Å². The van der Waals surface area contributed by atoms with E-state index in [1.165, 1.54) is 0 Å². The van der Waals surface area contributed by atoms with Crippen LogP contribution in [0, 0.1) is 5.92 Å². The number of nitrogens with one attached hydrogen (secondary N) is 2. The molecule has 2 aromatic rings. The van der Waals surface area contributed by atoms with Crippen molar-refractivity contribution in [2.75, 3.05) is 38.1 Å². The van der Waals surface area contributed by atoms with Gasteiger partial charge in [0.25, 0.3) is 5.69 Å². The first-order valence-electron chi connectivity index (χ1n) is 14.1. The molecule has 0 spiro atoms. The van der Waals surface area contributed by atoms with E-state index < -0.39 is 0 Å². The highest BCUT2D eigenvalue weighted by atomic mass is 16.5. The normalized spacial score (nSPS) is 21.2. The summed E-state index contributed by atoms with van der Waals surface area (Å²) in [5.74, 6) is 0.00181. The fraction of sp³-hybridized carbons (Fsp3) is 0.375. The molecule has 2 aliphatic carbocycles. The molecule has 6 rings (SSSR count). The molecular weight excluding hydrogens is 506 g/mol. The SMILES string of the molecule is CCOC(=O)[C@H]1CCCN(CCCNc2cc3c(c4c2C(=O)c2ccccc2C4=O)[NH+]=C2C(C)=CC=CC2O3)C1. The van der Waals surface area contributed by atoms with Crippen molar-refractivity contribution in [1.82, 2.24) is 4.90 Å². The van der Waals surface area contributed by atoms with Gasteiger partial charge in [0.15, 0.2) is 11.5 Å². The van der Waals surface area contributed by atoms with E-state index in [9.17, 15) is 14.4 Å². The first-order chi connectivity index (χ1) is 19.5. The van der Waals surface area contributed by atoms with E-state index in [2.05, 4.69) is 15.2 Å². The first kappa shape index (κ1) is 26.2. The van der Waals surface area contributed by atoms with Crippen LogP contribution in [0.15, 0.2) is 54.1 Å². The number of benzene rings is 2. The number of piperidine rings is 1. The molecule has 206 valence electrons. The highest BCUT2D eigenvalue weighted by Gasteiger charge is 2.41. The molecule has 1 fully saturated rings. The Morgan fingerprint density at radius 1 is 1.18 bits per heavy atom. The van der Waals surface area contributed by atoms with E-state index in [0.717, 1.165) is 43.6 Å². The molecule has 4 aliphatic rings. The lowest BCUT2D eigenvalue weighted by Crippen LogP contribution is -2.73. The smallest absolute Gasteiger partial charge is 0.310 e. The number of anilines is 1. The second kappa shape index (κ2) is 10.8. The summed E-state index contributed by atoms with van der Waals surface area (Å²) in [5, 5.41) is 3.44. The van der Waals surface area contributed by atoms with Crippen molar-refractivity contribution in [1.29, 1.82) is 0 Å². The Hall–Kier alpha value is -4.04. The minimum absolute atomic E-state index is 0.0725. The molecule has 2 heterocycles. The monoisotopic (exact) mass is 540 g/mol. The molecule has 2 atom stereocenters. The number of esters is 1. The molecule has 0 saturated carbocycles. The van der Waals surface area contributed by atoms with Crippen molar-refractivity contribution in [2.45, 2.75) is 39.2 Å². The number of nitrogens with zero attached hydrogens (tertiary/aromatic N) is 1. The molecule has 40 heavy (non-hydrogen) atoms. The molecule has 8 nitrogen and oxygen atoms in total. The van der Waals surface area contributed by atoms with Gasteiger partial charge in [-0.15, -0.1) is 0 Å². The lowest BCUT2D eigenvalue weighted by atomic mass is 9.81. The minimum atomic E-state index is -0.281. The van der Waals surface area contributed by atoms with Crippen LogP contribution in [0.4, 0.5) is 11.4 Å². The van der Waals surface area contributed by atoms with Crippen LogP contribution in [0.3, 0.4) is 0 Å². The third-order valence-electron chi connectivity index (χ3n) is 8.11. The molecule has 8 heteroatoms. The number of hydrogen-bond donors (Lipinski definition) is 2. The van der Waals surface area contributed by atoms with Crippen molar-refractivity contribution in [3.8, 4) is 5.75 Å². The summed E-state index contributed by atoms with van der Waals surface area (Å²) in [6.45, 7) is 7.32. The Morgan fingerprint density at radius 2 is 1.95 bits per heavy atom. The summed E-state index contributed by atoms with van der Waals surface area (Å²) in [5.41, 5.74) is 4.59. The minimum Gasteiger partial charge on any atom is -0.468 e. The lowest BCUT2D eigenvalue weighted by molar-refractivity contribution is -0.363. The fourth-order valence-electron chi connectivity index (χ4n) is 6.11. The second-order valence-electron chi connectivity index (χ2n) is 10.7. The van der Waals surface area contributed by atoms with Gasteiger partial charge in [-0.2, -0.15) is 0 Å². The Balaban J connectivity index is 1.27. The van der Waals surface area contributed by atoms with Crippen LogP contribution in [0.25, 0.3) is 0 Å². The van der Waals surface area contributed by atoms with E-state index >= 15 is 0 Å². The highest BCUT2D eigenvalue weighted by molar-refractivity contribution is 6.32. The molecule has 1 unspecified atom stereocenters. The molecular formula is C32H34N3O5+. The van der Waals surface area contributed by atoms with Gasteiger partial charge in [0, 0.05) is 35.9 Å². The van der Waals surface area contributed by atoms with Crippen LogP contribution in [-0.2, 0) is 9.53 Å². The average molecular weight is 541 g/mol. The molecule has 2 N–H and O–H groups in total. The Bertz CT molecular complexity index is 1490. The molecule has 0 bridgehead atoms. The third kappa shape index (κ3) is 4.66. The molecule has 0 radical (unpaired) electrons. The zero-order chi connectivity index (χ0) is 27.8. The number of likely N-dealkylation sites (tertiary alicyclic amines) is 1. The highest BCUT2D eigenvalue weighted by Crippen LogP contribution is 2.41. The zero-order valence-electron chi connectivity index (χ0n) is 22.9. The van der Waals surface area contributed by atoms with Gasteiger partial charge >= 0.3 is 5.97 Å². The number of rotatable bonds is 7. The largest absolute Gasteiger partial charge is 0.468 e. The van der Waals surface area contributed by atoms with Gasteiger partial charge in [-0.05, 0) is 52.3 Å². The number of carbonyl (C=O) groups excluding carboxylic acids is 3. The summed E-state index contributed by atoms with van der Waals surface area (Å²) < 4.78 is 11.6. The maximum atomic E-state index is 13.8. The van der Waals surface area contributed by atoms with Crippen molar-refractivity contribution in [2.24, 2.45) is 5.92 Å². The summed E-state index contributed by atoms with van der Waals surface area (Å²) in [7, 11) is 0. The third-order valence-corrected chi connectivity index (χ3v) is 8.11. The van der Waals surface area contributed by atoms with Crippen molar-refractivity contribution in [3.63, 3.8) is 0 Å². The summed E-state index contributed by atoms with van der Waals surface area (Å²) in [6.07, 6.45) is 8.30. The topological polar surface area (TPSA) is 98.9 Å². The summed E-state index contributed by atoms with van der Waals surface area (Å²) >= 11 is 0. The Morgan fingerprint density at radius 3 is 2.73 bits per heavy atom. The molecule has 1 saturated heterocycles. The van der Waals surface area contributed by atoms with Crippen LogP contribution < -0.4 is 15.0 Å². The Kier molecular flexibility index (Phi) is 7.11. The predicted octanol–water partition coefficient (Wildman–Crippen LogP) is 2.97. The molecule has 2 aromatic carbocycles. The van der Waals surface area contributed by atoms with Crippen molar-refractivity contribution >= 4 is 34.6 Å². The number of ether oxygens (including phenoxy) is 2. The lowest BCUT2D eigenvalue weighted by Gasteiger charge is -2.31. The number of carbonyl (C=O) groups is 3. The van der Waals surface area contributed by atoms with Crippen molar-refractivity contribution in [3.05, 3.63) is 76.4 Å². The predicted molar refractivity (Wildman–Crippen MR) is 152 cm³/mol. The van der Waals surface area contributed by atoms with Gasteiger partial charge in [0.2, 0.25) is 17.6 Å². The molecule has 0 aromatic heterocycles. The van der Waals surface area contributed by atoms with Crippen LogP contribution in [0.2, 0.25) is 0 Å². The number of allylic oxidation sites excluding steroid dienone is 2. The van der Waals surface area contributed by atoms with Gasteiger partial charge in [-0.1, -0.05) is 36.4 Å². The Labute approximate surface area is 233 Å². The van der Waals surface area contributed by atoms with E-state index in [1.807, 2.05) is 38.1 Å². The summed E-state index contributed by atoms with van der Waals surface area (Å²) in [6, 6.07) is 8.83. The van der Waals surface area contributed by atoms with Gasteiger partial charge in [0.05, 0.1) is 23.8 Å². The van der Waals surface area contributed by atoms with Crippen molar-refractivity contribution < 1.29 is 28.8 Å². The van der Waals surface area contributed by atoms with Gasteiger partial charge in [-0.25, -0.2) is 4.99 Å². The van der Waals surface area contributed by atoms with Crippen LogP contribution in [-0.4, -0.2) is 67.0 Å². The number of fused-ring (bicyclic) bond motifs is 5. The first-order valence-corrected chi connectivity index (χ1v) is 14.1. The fourth-order valence-corrected chi connectivity index (χ4v) is 6.11. The summed E-state index contributed by atoms with van der Waals surface area (Å²) in [4.78, 5) is 45.6. The quantitative estimate of drug-likeness (QED) is 0.351. The number of hydrogen-bond acceptors (Lipinski definition) is 7. The van der Waals surface area contributed by atoms with Gasteiger partial charge < -0.3 is 19.7 Å². The van der Waals surface area contributed by atoms with E-state index in [0.29, 0.717) is 59.1 Å².